The largest absolute Gasteiger partial charge is 0.500 e. The molecule has 0 atom stereocenters. The van der Waals surface area contributed by atoms with E-state index < -0.39 is 8.80 Å². The fourth-order valence-corrected chi connectivity index (χ4v) is 4.23. The van der Waals surface area contributed by atoms with Gasteiger partial charge in [0.05, 0.1) is 0 Å². The molecular formula is C14H32O3Si. The van der Waals surface area contributed by atoms with Gasteiger partial charge in [0.2, 0.25) is 0 Å². The maximum atomic E-state index is 5.49. The average molecular weight is 276 g/mol. The van der Waals surface area contributed by atoms with Crippen LogP contribution >= 0.6 is 0 Å². The number of unbranched alkanes of at least 4 members (excludes halogenated alkanes) is 2. The Morgan fingerprint density at radius 3 is 1.56 bits per heavy atom. The molecule has 0 spiro atoms. The lowest BCUT2D eigenvalue weighted by molar-refractivity contribution is 0.120. The summed E-state index contributed by atoms with van der Waals surface area (Å²) >= 11 is 0. The SMILES string of the molecule is CCCCC(CCCC)CC[Si](OC)(OC)OC. The van der Waals surface area contributed by atoms with Crippen molar-refractivity contribution in [3.63, 3.8) is 0 Å². The highest BCUT2D eigenvalue weighted by atomic mass is 28.4. The van der Waals surface area contributed by atoms with Gasteiger partial charge >= 0.3 is 8.80 Å². The van der Waals surface area contributed by atoms with E-state index in [-0.39, 0.29) is 0 Å². The van der Waals surface area contributed by atoms with Gasteiger partial charge in [-0.05, 0) is 12.3 Å². The molecule has 0 aromatic heterocycles. The van der Waals surface area contributed by atoms with Crippen molar-refractivity contribution in [1.82, 2.24) is 0 Å². The lowest BCUT2D eigenvalue weighted by Crippen LogP contribution is -2.43. The van der Waals surface area contributed by atoms with Crippen molar-refractivity contribution >= 4 is 8.80 Å². The van der Waals surface area contributed by atoms with Gasteiger partial charge < -0.3 is 13.3 Å². The highest BCUT2D eigenvalue weighted by Crippen LogP contribution is 2.26. The molecule has 0 radical (unpaired) electrons. The predicted octanol–water partition coefficient (Wildman–Crippen LogP) is 4.25. The smallest absolute Gasteiger partial charge is 0.377 e. The van der Waals surface area contributed by atoms with Gasteiger partial charge in [-0.25, -0.2) is 0 Å². The van der Waals surface area contributed by atoms with Crippen LogP contribution in [-0.2, 0) is 13.3 Å². The number of rotatable bonds is 12. The van der Waals surface area contributed by atoms with Crippen LogP contribution < -0.4 is 0 Å². The predicted molar refractivity (Wildman–Crippen MR) is 78.7 cm³/mol. The van der Waals surface area contributed by atoms with Gasteiger partial charge in [-0.15, -0.1) is 0 Å². The van der Waals surface area contributed by atoms with E-state index in [9.17, 15) is 0 Å². The van der Waals surface area contributed by atoms with Crippen molar-refractivity contribution in [3.8, 4) is 0 Å². The Kier molecular flexibility index (Phi) is 11.0. The van der Waals surface area contributed by atoms with E-state index in [0.717, 1.165) is 12.0 Å². The summed E-state index contributed by atoms with van der Waals surface area (Å²) in [6.07, 6.45) is 9.05. The van der Waals surface area contributed by atoms with E-state index in [4.69, 9.17) is 13.3 Å². The van der Waals surface area contributed by atoms with Crippen molar-refractivity contribution in [2.45, 2.75) is 64.8 Å². The molecule has 0 aliphatic rings. The molecule has 0 saturated carbocycles. The molecule has 0 aliphatic heterocycles. The van der Waals surface area contributed by atoms with Crippen LogP contribution in [-0.4, -0.2) is 30.1 Å². The zero-order chi connectivity index (χ0) is 13.9. The zero-order valence-corrected chi connectivity index (χ0v) is 14.0. The van der Waals surface area contributed by atoms with Crippen LogP contribution in [0.25, 0.3) is 0 Å². The minimum atomic E-state index is -2.36. The number of hydrogen-bond donors (Lipinski definition) is 0. The van der Waals surface area contributed by atoms with Crippen LogP contribution in [0.3, 0.4) is 0 Å². The van der Waals surface area contributed by atoms with Gasteiger partial charge in [-0.2, -0.15) is 0 Å². The van der Waals surface area contributed by atoms with Crippen molar-refractivity contribution in [2.24, 2.45) is 5.92 Å². The summed E-state index contributed by atoms with van der Waals surface area (Å²) in [4.78, 5) is 0. The third-order valence-corrected chi connectivity index (χ3v) is 6.49. The fraction of sp³-hybridized carbons (Fsp3) is 1.00. The Bertz CT molecular complexity index is 168. The average Bonchev–Trinajstić information content (AvgIpc) is 2.42. The minimum absolute atomic E-state index is 0.803. The van der Waals surface area contributed by atoms with Crippen LogP contribution in [0.4, 0.5) is 0 Å². The first-order valence-corrected chi connectivity index (χ1v) is 9.26. The monoisotopic (exact) mass is 276 g/mol. The molecule has 0 aromatic rings. The quantitative estimate of drug-likeness (QED) is 0.499. The highest BCUT2D eigenvalue weighted by Gasteiger charge is 2.37. The third kappa shape index (κ3) is 6.88. The first-order chi connectivity index (χ1) is 8.67. The third-order valence-electron chi connectivity index (χ3n) is 3.72. The molecule has 0 rings (SSSR count). The van der Waals surface area contributed by atoms with Gasteiger partial charge in [0.15, 0.2) is 0 Å². The summed E-state index contributed by atoms with van der Waals surface area (Å²) in [6.45, 7) is 4.52. The zero-order valence-electron chi connectivity index (χ0n) is 13.0. The molecule has 110 valence electrons. The summed E-state index contributed by atoms with van der Waals surface area (Å²) in [7, 11) is 2.74. The Hall–Kier alpha value is 0.0969. The van der Waals surface area contributed by atoms with E-state index in [1.165, 1.54) is 44.9 Å². The molecule has 0 aromatic carbocycles. The summed E-state index contributed by atoms with van der Waals surface area (Å²) in [5.41, 5.74) is 0. The van der Waals surface area contributed by atoms with Crippen LogP contribution in [0, 0.1) is 5.92 Å². The molecule has 0 bridgehead atoms. The molecular weight excluding hydrogens is 244 g/mol. The van der Waals surface area contributed by atoms with Crippen LogP contribution in [0.15, 0.2) is 0 Å². The van der Waals surface area contributed by atoms with Crippen molar-refractivity contribution in [1.29, 1.82) is 0 Å². The lowest BCUT2D eigenvalue weighted by atomic mass is 9.94. The normalized spacial score (nSPS) is 12.3. The fourth-order valence-electron chi connectivity index (χ4n) is 2.36. The molecule has 0 unspecified atom stereocenters. The van der Waals surface area contributed by atoms with Crippen LogP contribution in [0.5, 0.6) is 0 Å². The number of hydrogen-bond acceptors (Lipinski definition) is 3. The van der Waals surface area contributed by atoms with E-state index in [0.29, 0.717) is 0 Å². The first-order valence-electron chi connectivity index (χ1n) is 7.33. The maximum Gasteiger partial charge on any atom is 0.500 e. The van der Waals surface area contributed by atoms with E-state index >= 15 is 0 Å². The topological polar surface area (TPSA) is 27.7 Å². The van der Waals surface area contributed by atoms with Gasteiger partial charge in [-0.3, -0.25) is 0 Å². The van der Waals surface area contributed by atoms with E-state index in [1.807, 2.05) is 0 Å². The summed E-state index contributed by atoms with van der Waals surface area (Å²) < 4.78 is 16.5. The Morgan fingerprint density at radius 1 is 0.778 bits per heavy atom. The van der Waals surface area contributed by atoms with Crippen molar-refractivity contribution in [2.75, 3.05) is 21.3 Å². The second kappa shape index (κ2) is 11.0. The molecule has 0 amide bonds. The van der Waals surface area contributed by atoms with Gasteiger partial charge in [-0.1, -0.05) is 52.4 Å². The first kappa shape index (κ1) is 18.1. The molecule has 18 heavy (non-hydrogen) atoms. The van der Waals surface area contributed by atoms with Crippen molar-refractivity contribution in [3.05, 3.63) is 0 Å². The summed E-state index contributed by atoms with van der Waals surface area (Å²) in [5, 5.41) is 0. The lowest BCUT2D eigenvalue weighted by Gasteiger charge is -2.26. The van der Waals surface area contributed by atoms with Crippen LogP contribution in [0.2, 0.25) is 6.04 Å². The Balaban J connectivity index is 4.19. The molecule has 4 heteroatoms. The maximum absolute atomic E-state index is 5.49. The highest BCUT2D eigenvalue weighted by molar-refractivity contribution is 6.60. The minimum Gasteiger partial charge on any atom is -0.377 e. The van der Waals surface area contributed by atoms with E-state index in [2.05, 4.69) is 13.8 Å². The van der Waals surface area contributed by atoms with E-state index in [1.54, 1.807) is 21.3 Å². The molecule has 0 N–H and O–H groups in total. The van der Waals surface area contributed by atoms with Gasteiger partial charge in [0, 0.05) is 27.4 Å². The Morgan fingerprint density at radius 2 is 1.22 bits per heavy atom. The second-order valence-corrected chi connectivity index (χ2v) is 8.08. The van der Waals surface area contributed by atoms with Gasteiger partial charge in [0.1, 0.15) is 0 Å². The van der Waals surface area contributed by atoms with Crippen molar-refractivity contribution < 1.29 is 13.3 Å². The molecule has 0 aliphatic carbocycles. The standard InChI is InChI=1S/C14H32O3Si/c1-6-8-10-14(11-9-7-2)12-13-18(15-3,16-4)17-5/h14H,6-13H2,1-5H3. The molecule has 0 fully saturated rings. The summed E-state index contributed by atoms with van der Waals surface area (Å²) in [5.74, 6) is 0.803. The van der Waals surface area contributed by atoms with Gasteiger partial charge in [0.25, 0.3) is 0 Å². The molecule has 3 nitrogen and oxygen atoms in total. The molecule has 0 heterocycles. The summed E-state index contributed by atoms with van der Waals surface area (Å²) in [6, 6.07) is 0.939. The van der Waals surface area contributed by atoms with Crippen LogP contribution in [0.1, 0.15) is 58.8 Å². The Labute approximate surface area is 115 Å². The second-order valence-electron chi connectivity index (χ2n) is 4.98. The molecule has 0 saturated heterocycles.